The molecule has 3 N–H and O–H groups in total. The number of phenolic OH excluding ortho intramolecular Hbond substituents is 1. The van der Waals surface area contributed by atoms with E-state index in [4.69, 9.17) is 10.1 Å². The number of rotatable bonds is 4. The fraction of sp³-hybridized carbons (Fsp3) is 0.435. The molecule has 2 aliphatic rings. The highest BCUT2D eigenvalue weighted by Crippen LogP contribution is 2.52. The van der Waals surface area contributed by atoms with E-state index in [1.54, 1.807) is 6.07 Å². The van der Waals surface area contributed by atoms with Crippen molar-refractivity contribution in [2.24, 2.45) is 5.92 Å². The lowest BCUT2D eigenvalue weighted by molar-refractivity contribution is 0.315. The molecule has 0 bridgehead atoms. The molecular formula is C23H29N3O2. The summed E-state index contributed by atoms with van der Waals surface area (Å²) in [5.41, 5.74) is 3.09. The van der Waals surface area contributed by atoms with Crippen LogP contribution in [0.4, 0.5) is 0 Å². The standard InChI is InChI=1S/C23H29N3O2/c1-3-26(4-2)23(24)16-8-9-17-20(14-16)28-22-18(6-5-7-19(22)27)21(17)15-10-12-25-13-11-15/h5-9,14-15,21,24-25,27H,3-4,10-13H2,1-2H3. The van der Waals surface area contributed by atoms with Crippen molar-refractivity contribution >= 4 is 5.84 Å². The number of nitrogens with one attached hydrogen (secondary N) is 2. The smallest absolute Gasteiger partial charge is 0.172 e. The molecule has 0 amide bonds. The first-order valence-corrected chi connectivity index (χ1v) is 10.3. The Morgan fingerprint density at radius 2 is 1.89 bits per heavy atom. The van der Waals surface area contributed by atoms with E-state index in [1.165, 1.54) is 5.56 Å². The van der Waals surface area contributed by atoms with Crippen LogP contribution >= 0.6 is 0 Å². The first-order valence-electron chi connectivity index (χ1n) is 10.3. The van der Waals surface area contributed by atoms with Gasteiger partial charge in [-0.3, -0.25) is 5.41 Å². The van der Waals surface area contributed by atoms with E-state index in [2.05, 4.69) is 31.3 Å². The Morgan fingerprint density at radius 3 is 2.61 bits per heavy atom. The molecule has 2 aromatic rings. The van der Waals surface area contributed by atoms with Crippen LogP contribution in [0.3, 0.4) is 0 Å². The van der Waals surface area contributed by atoms with Gasteiger partial charge in [-0.1, -0.05) is 24.3 Å². The predicted octanol–water partition coefficient (Wildman–Crippen LogP) is 4.30. The number of fused-ring (bicyclic) bond motifs is 2. The van der Waals surface area contributed by atoms with Gasteiger partial charge in [0.1, 0.15) is 11.6 Å². The van der Waals surface area contributed by atoms with Crippen LogP contribution < -0.4 is 10.1 Å². The summed E-state index contributed by atoms with van der Waals surface area (Å²) in [6.07, 6.45) is 2.21. The average molecular weight is 380 g/mol. The van der Waals surface area contributed by atoms with Gasteiger partial charge in [-0.15, -0.1) is 0 Å². The fourth-order valence-corrected chi connectivity index (χ4v) is 4.61. The molecule has 1 saturated heterocycles. The molecule has 148 valence electrons. The van der Waals surface area contributed by atoms with E-state index < -0.39 is 0 Å². The van der Waals surface area contributed by atoms with Crippen LogP contribution in [0.1, 0.15) is 49.3 Å². The van der Waals surface area contributed by atoms with Gasteiger partial charge in [-0.2, -0.15) is 0 Å². The van der Waals surface area contributed by atoms with Crippen molar-refractivity contribution in [3.63, 3.8) is 0 Å². The number of aromatic hydroxyl groups is 1. The van der Waals surface area contributed by atoms with E-state index in [-0.39, 0.29) is 11.7 Å². The third-order valence-corrected chi connectivity index (χ3v) is 6.13. The molecule has 0 aliphatic carbocycles. The van der Waals surface area contributed by atoms with Crippen molar-refractivity contribution in [1.82, 2.24) is 10.2 Å². The molecule has 2 aromatic carbocycles. The summed E-state index contributed by atoms with van der Waals surface area (Å²) in [4.78, 5) is 2.03. The number of ether oxygens (including phenoxy) is 1. The van der Waals surface area contributed by atoms with Crippen LogP contribution in [0.15, 0.2) is 36.4 Å². The molecule has 1 atom stereocenters. The number of benzene rings is 2. The summed E-state index contributed by atoms with van der Waals surface area (Å²) in [5, 5.41) is 22.5. The number of hydrogen-bond donors (Lipinski definition) is 3. The van der Waals surface area contributed by atoms with Crippen molar-refractivity contribution in [2.45, 2.75) is 32.6 Å². The lowest BCUT2D eigenvalue weighted by Gasteiger charge is -2.36. The second kappa shape index (κ2) is 7.84. The minimum absolute atomic E-state index is 0.186. The zero-order valence-electron chi connectivity index (χ0n) is 16.7. The van der Waals surface area contributed by atoms with Crippen molar-refractivity contribution in [1.29, 1.82) is 5.41 Å². The zero-order chi connectivity index (χ0) is 19.7. The summed E-state index contributed by atoms with van der Waals surface area (Å²) in [5.74, 6) is 2.77. The lowest BCUT2D eigenvalue weighted by atomic mass is 9.74. The minimum atomic E-state index is 0.186. The summed E-state index contributed by atoms with van der Waals surface area (Å²) in [7, 11) is 0. The molecule has 28 heavy (non-hydrogen) atoms. The SMILES string of the molecule is CCN(CC)C(=N)c1ccc2c(c1)Oc1c(O)cccc1C2C1CCNCC1. The van der Waals surface area contributed by atoms with Gasteiger partial charge in [0.25, 0.3) is 0 Å². The molecule has 5 heteroatoms. The van der Waals surface area contributed by atoms with E-state index in [1.807, 2.05) is 23.1 Å². The number of hydrogen-bond acceptors (Lipinski definition) is 4. The second-order valence-electron chi connectivity index (χ2n) is 7.64. The Bertz CT molecular complexity index is 870. The molecule has 0 aromatic heterocycles. The van der Waals surface area contributed by atoms with E-state index >= 15 is 0 Å². The van der Waals surface area contributed by atoms with E-state index in [0.717, 1.165) is 55.9 Å². The molecule has 2 aliphatic heterocycles. The normalized spacial score (nSPS) is 18.7. The first-order chi connectivity index (χ1) is 13.6. The summed E-state index contributed by atoms with van der Waals surface area (Å²) < 4.78 is 6.19. The highest BCUT2D eigenvalue weighted by molar-refractivity contribution is 5.97. The Labute approximate surface area is 166 Å². The number of amidine groups is 1. The average Bonchev–Trinajstić information content (AvgIpc) is 2.73. The first kappa shape index (κ1) is 18.8. The van der Waals surface area contributed by atoms with E-state index in [0.29, 0.717) is 17.5 Å². The van der Waals surface area contributed by atoms with Crippen molar-refractivity contribution in [3.8, 4) is 17.2 Å². The van der Waals surface area contributed by atoms with Crippen molar-refractivity contribution in [2.75, 3.05) is 26.2 Å². The monoisotopic (exact) mass is 379 g/mol. The molecule has 5 nitrogen and oxygen atoms in total. The van der Waals surface area contributed by atoms with Crippen molar-refractivity contribution in [3.05, 3.63) is 53.1 Å². The van der Waals surface area contributed by atoms with Crippen LogP contribution in [0.25, 0.3) is 0 Å². The van der Waals surface area contributed by atoms with Gasteiger partial charge in [-0.25, -0.2) is 0 Å². The lowest BCUT2D eigenvalue weighted by Crippen LogP contribution is -2.32. The van der Waals surface area contributed by atoms with Gasteiger partial charge in [0, 0.05) is 35.7 Å². The van der Waals surface area contributed by atoms with Gasteiger partial charge in [-0.05, 0) is 57.8 Å². The number of phenols is 1. The molecule has 0 radical (unpaired) electrons. The summed E-state index contributed by atoms with van der Waals surface area (Å²) in [6.45, 7) is 7.78. The maximum Gasteiger partial charge on any atom is 0.172 e. The third-order valence-electron chi connectivity index (χ3n) is 6.13. The van der Waals surface area contributed by atoms with Gasteiger partial charge >= 0.3 is 0 Å². The summed E-state index contributed by atoms with van der Waals surface area (Å²) in [6, 6.07) is 11.8. The number of para-hydroxylation sites is 1. The van der Waals surface area contributed by atoms with Gasteiger partial charge in [0.05, 0.1) is 0 Å². The fourth-order valence-electron chi connectivity index (χ4n) is 4.61. The third kappa shape index (κ3) is 3.24. The Balaban J connectivity index is 1.78. The second-order valence-corrected chi connectivity index (χ2v) is 7.64. The topological polar surface area (TPSA) is 68.6 Å². The Morgan fingerprint density at radius 1 is 1.14 bits per heavy atom. The number of piperidine rings is 1. The van der Waals surface area contributed by atoms with Crippen LogP contribution in [0.5, 0.6) is 17.2 Å². The largest absolute Gasteiger partial charge is 0.504 e. The molecule has 0 spiro atoms. The van der Waals surface area contributed by atoms with Crippen LogP contribution in [-0.2, 0) is 0 Å². The van der Waals surface area contributed by atoms with Gasteiger partial charge in [0.15, 0.2) is 11.5 Å². The molecule has 0 saturated carbocycles. The van der Waals surface area contributed by atoms with Crippen LogP contribution in [0, 0.1) is 11.3 Å². The predicted molar refractivity (Wildman–Crippen MR) is 112 cm³/mol. The van der Waals surface area contributed by atoms with E-state index in [9.17, 15) is 5.11 Å². The van der Waals surface area contributed by atoms with Crippen LogP contribution in [0.2, 0.25) is 0 Å². The van der Waals surface area contributed by atoms with Gasteiger partial charge in [0.2, 0.25) is 0 Å². The zero-order valence-corrected chi connectivity index (χ0v) is 16.7. The molecule has 1 fully saturated rings. The quantitative estimate of drug-likeness (QED) is 0.547. The Kier molecular flexibility index (Phi) is 5.27. The van der Waals surface area contributed by atoms with Gasteiger partial charge < -0.3 is 20.1 Å². The summed E-state index contributed by atoms with van der Waals surface area (Å²) >= 11 is 0. The molecular weight excluding hydrogens is 350 g/mol. The Hall–Kier alpha value is -2.53. The molecule has 4 rings (SSSR count). The maximum atomic E-state index is 10.5. The highest BCUT2D eigenvalue weighted by atomic mass is 16.5. The van der Waals surface area contributed by atoms with Crippen LogP contribution in [-0.4, -0.2) is 42.0 Å². The highest BCUT2D eigenvalue weighted by Gasteiger charge is 2.35. The maximum absolute atomic E-state index is 10.5. The minimum Gasteiger partial charge on any atom is -0.504 e. The molecule has 1 unspecified atom stereocenters. The molecule has 2 heterocycles. The number of nitrogens with zero attached hydrogens (tertiary/aromatic N) is 1. The van der Waals surface area contributed by atoms with Crippen molar-refractivity contribution < 1.29 is 9.84 Å².